The molecule has 0 saturated carbocycles. The average molecular weight is 381 g/mol. The highest BCUT2D eigenvalue weighted by Gasteiger charge is 2.32. The van der Waals surface area contributed by atoms with Gasteiger partial charge in [0.05, 0.1) is 17.1 Å². The van der Waals surface area contributed by atoms with E-state index in [9.17, 15) is 18.0 Å². The first-order chi connectivity index (χ1) is 7.74. The van der Waals surface area contributed by atoms with Gasteiger partial charge >= 0.3 is 12.3 Å². The van der Waals surface area contributed by atoms with Crippen molar-refractivity contribution in [3.8, 4) is 5.88 Å². The van der Waals surface area contributed by atoms with Crippen LogP contribution in [0.1, 0.15) is 16.1 Å². The van der Waals surface area contributed by atoms with E-state index >= 15 is 0 Å². The Kier molecular flexibility index (Phi) is 4.42. The molecule has 0 aliphatic rings. The molecule has 0 aliphatic carbocycles. The highest BCUT2D eigenvalue weighted by atomic mass is 127. The molecule has 17 heavy (non-hydrogen) atoms. The van der Waals surface area contributed by atoms with Crippen molar-refractivity contribution >= 4 is 40.2 Å². The van der Waals surface area contributed by atoms with Crippen LogP contribution in [0.3, 0.4) is 0 Å². The molecule has 1 aromatic rings. The normalized spacial score (nSPS) is 11.4. The Hall–Kier alpha value is -0.770. The standard InChI is InChI=1S/C8H4ClF3INO3/c9-2-4-6(7(15)16)3(13)1-5(14-4)17-8(10,11)12/h1H,2H2,(H,15,16). The van der Waals surface area contributed by atoms with Gasteiger partial charge in [0, 0.05) is 9.64 Å². The number of halogens is 5. The fourth-order valence-electron chi connectivity index (χ4n) is 1.03. The third-order valence-corrected chi connectivity index (χ3v) is 2.69. The molecule has 1 aromatic heterocycles. The van der Waals surface area contributed by atoms with E-state index < -0.39 is 18.2 Å². The molecule has 0 atom stereocenters. The van der Waals surface area contributed by atoms with Gasteiger partial charge in [-0.15, -0.1) is 24.8 Å². The van der Waals surface area contributed by atoms with Gasteiger partial charge in [-0.1, -0.05) is 0 Å². The molecule has 0 radical (unpaired) electrons. The molecular formula is C8H4ClF3INO3. The lowest BCUT2D eigenvalue weighted by atomic mass is 10.2. The summed E-state index contributed by atoms with van der Waals surface area (Å²) in [5, 5.41) is 8.83. The quantitative estimate of drug-likeness (QED) is 0.646. The van der Waals surface area contributed by atoms with E-state index in [2.05, 4.69) is 9.72 Å². The zero-order valence-electron chi connectivity index (χ0n) is 7.89. The number of alkyl halides is 4. The number of carboxylic acids is 1. The van der Waals surface area contributed by atoms with Crippen LogP contribution < -0.4 is 4.74 Å². The number of nitrogens with zero attached hydrogens (tertiary/aromatic N) is 1. The van der Waals surface area contributed by atoms with Gasteiger partial charge in [0.2, 0.25) is 5.88 Å². The van der Waals surface area contributed by atoms with Crippen LogP contribution in [0.2, 0.25) is 0 Å². The SMILES string of the molecule is O=C(O)c1c(I)cc(OC(F)(F)F)nc1CCl. The van der Waals surface area contributed by atoms with E-state index in [1.807, 2.05) is 0 Å². The number of aromatic carboxylic acids is 1. The number of carboxylic acid groups (broad SMARTS) is 1. The summed E-state index contributed by atoms with van der Waals surface area (Å²) in [6, 6.07) is 0.882. The molecule has 0 bridgehead atoms. The van der Waals surface area contributed by atoms with Crippen molar-refractivity contribution in [2.75, 3.05) is 0 Å². The minimum Gasteiger partial charge on any atom is -0.478 e. The maximum absolute atomic E-state index is 12.0. The molecule has 9 heteroatoms. The lowest BCUT2D eigenvalue weighted by Gasteiger charge is -2.11. The Bertz CT molecular complexity index is 452. The Morgan fingerprint density at radius 1 is 1.59 bits per heavy atom. The predicted octanol–water partition coefficient (Wildman–Crippen LogP) is 3.02. The second kappa shape index (κ2) is 5.25. The zero-order valence-corrected chi connectivity index (χ0v) is 10.8. The summed E-state index contributed by atoms with van der Waals surface area (Å²) in [6.45, 7) is 0. The molecule has 0 fully saturated rings. The zero-order chi connectivity index (χ0) is 13.2. The number of pyridine rings is 1. The number of ether oxygens (including phenoxy) is 1. The highest BCUT2D eigenvalue weighted by Crippen LogP contribution is 2.26. The molecule has 1 heterocycles. The van der Waals surface area contributed by atoms with E-state index in [1.165, 1.54) is 0 Å². The fraction of sp³-hybridized carbons (Fsp3) is 0.250. The topological polar surface area (TPSA) is 59.4 Å². The molecule has 0 saturated heterocycles. The Labute approximate surface area is 112 Å². The first-order valence-electron chi connectivity index (χ1n) is 3.99. The van der Waals surface area contributed by atoms with Gasteiger partial charge in [-0.25, -0.2) is 9.78 Å². The van der Waals surface area contributed by atoms with Crippen molar-refractivity contribution in [3.63, 3.8) is 0 Å². The summed E-state index contributed by atoms with van der Waals surface area (Å²) < 4.78 is 39.5. The van der Waals surface area contributed by atoms with Crippen LogP contribution in [0, 0.1) is 3.57 Å². The van der Waals surface area contributed by atoms with Crippen LogP contribution in [0.5, 0.6) is 5.88 Å². The Balaban J connectivity index is 3.23. The van der Waals surface area contributed by atoms with Crippen LogP contribution in [-0.2, 0) is 5.88 Å². The lowest BCUT2D eigenvalue weighted by molar-refractivity contribution is -0.276. The van der Waals surface area contributed by atoms with Crippen LogP contribution in [0.25, 0.3) is 0 Å². The molecule has 0 aliphatic heterocycles. The van der Waals surface area contributed by atoms with E-state index in [4.69, 9.17) is 16.7 Å². The summed E-state index contributed by atoms with van der Waals surface area (Å²) in [5.74, 6) is -2.37. The third kappa shape index (κ3) is 3.87. The number of hydrogen-bond acceptors (Lipinski definition) is 3. The van der Waals surface area contributed by atoms with Gasteiger partial charge in [-0.2, -0.15) is 0 Å². The van der Waals surface area contributed by atoms with E-state index in [1.54, 1.807) is 22.6 Å². The minimum atomic E-state index is -4.88. The third-order valence-electron chi connectivity index (χ3n) is 1.58. The van der Waals surface area contributed by atoms with E-state index in [0.717, 1.165) is 6.07 Å². The number of rotatable bonds is 3. The van der Waals surface area contributed by atoms with Crippen molar-refractivity contribution in [1.29, 1.82) is 0 Å². The molecule has 0 amide bonds. The van der Waals surface area contributed by atoms with Gasteiger partial charge in [0.1, 0.15) is 0 Å². The molecule has 1 N–H and O–H groups in total. The van der Waals surface area contributed by atoms with Crippen LogP contribution in [-0.4, -0.2) is 22.4 Å². The molecule has 0 spiro atoms. The van der Waals surface area contributed by atoms with Gasteiger partial charge in [0.15, 0.2) is 0 Å². The molecule has 0 aromatic carbocycles. The van der Waals surface area contributed by atoms with Crippen molar-refractivity contribution in [3.05, 3.63) is 20.9 Å². The van der Waals surface area contributed by atoms with E-state index in [-0.39, 0.29) is 20.7 Å². The number of hydrogen-bond donors (Lipinski definition) is 1. The molecule has 0 unspecified atom stereocenters. The Morgan fingerprint density at radius 3 is 2.59 bits per heavy atom. The summed E-state index contributed by atoms with van der Waals surface area (Å²) in [4.78, 5) is 14.2. The molecule has 94 valence electrons. The smallest absolute Gasteiger partial charge is 0.478 e. The van der Waals surface area contributed by atoms with Crippen LogP contribution in [0.4, 0.5) is 13.2 Å². The second-order valence-electron chi connectivity index (χ2n) is 2.75. The average Bonchev–Trinajstić information content (AvgIpc) is 2.12. The largest absolute Gasteiger partial charge is 0.574 e. The summed E-state index contributed by atoms with van der Waals surface area (Å²) in [6.07, 6.45) is -4.88. The lowest BCUT2D eigenvalue weighted by Crippen LogP contribution is -2.19. The van der Waals surface area contributed by atoms with E-state index in [0.29, 0.717) is 0 Å². The highest BCUT2D eigenvalue weighted by molar-refractivity contribution is 14.1. The number of carbonyl (C=O) groups is 1. The molecule has 1 rings (SSSR count). The Morgan fingerprint density at radius 2 is 2.18 bits per heavy atom. The first-order valence-corrected chi connectivity index (χ1v) is 5.60. The van der Waals surface area contributed by atoms with Crippen molar-refractivity contribution in [2.45, 2.75) is 12.2 Å². The minimum absolute atomic E-state index is 0.0694. The van der Waals surface area contributed by atoms with Gasteiger partial charge in [-0.05, 0) is 22.6 Å². The maximum Gasteiger partial charge on any atom is 0.574 e. The van der Waals surface area contributed by atoms with Crippen LogP contribution in [0.15, 0.2) is 6.07 Å². The molecule has 4 nitrogen and oxygen atoms in total. The molecular weight excluding hydrogens is 377 g/mol. The monoisotopic (exact) mass is 381 g/mol. The predicted molar refractivity (Wildman–Crippen MR) is 60.2 cm³/mol. The fourth-order valence-corrected chi connectivity index (χ4v) is 2.03. The van der Waals surface area contributed by atoms with Gasteiger partial charge in [-0.3, -0.25) is 0 Å². The maximum atomic E-state index is 12.0. The van der Waals surface area contributed by atoms with Crippen LogP contribution >= 0.6 is 34.2 Å². The summed E-state index contributed by atoms with van der Waals surface area (Å²) in [5.41, 5.74) is -0.402. The number of aromatic nitrogens is 1. The van der Waals surface area contributed by atoms with Crippen molar-refractivity contribution < 1.29 is 27.8 Å². The summed E-state index contributed by atoms with van der Waals surface area (Å²) >= 11 is 7.00. The summed E-state index contributed by atoms with van der Waals surface area (Å²) in [7, 11) is 0. The van der Waals surface area contributed by atoms with Crippen molar-refractivity contribution in [2.24, 2.45) is 0 Å². The van der Waals surface area contributed by atoms with Gasteiger partial charge in [0.25, 0.3) is 0 Å². The first kappa shape index (κ1) is 14.3. The van der Waals surface area contributed by atoms with Gasteiger partial charge < -0.3 is 9.84 Å². The van der Waals surface area contributed by atoms with Crippen molar-refractivity contribution in [1.82, 2.24) is 4.98 Å². The second-order valence-corrected chi connectivity index (χ2v) is 4.18.